The number of alkyl halides is 3. The number of aromatic nitrogens is 1. The van der Waals surface area contributed by atoms with Gasteiger partial charge in [-0.15, -0.1) is 0 Å². The fourth-order valence-electron chi connectivity index (χ4n) is 2.59. The second kappa shape index (κ2) is 8.44. The van der Waals surface area contributed by atoms with Gasteiger partial charge in [-0.1, -0.05) is 53.8 Å². The SMILES string of the molecule is CCOC(=O)c1sc(NC(=O)c2ccccc2C(F)(F)F)nc1-c1ccccc1. The normalized spacial score (nSPS) is 11.2. The minimum Gasteiger partial charge on any atom is -0.462 e. The Labute approximate surface area is 168 Å². The monoisotopic (exact) mass is 420 g/mol. The Balaban J connectivity index is 1.97. The molecule has 1 N–H and O–H groups in total. The summed E-state index contributed by atoms with van der Waals surface area (Å²) in [6.45, 7) is 1.80. The number of benzene rings is 2. The summed E-state index contributed by atoms with van der Waals surface area (Å²) in [5.41, 5.74) is -0.687. The van der Waals surface area contributed by atoms with Crippen LogP contribution in [0.4, 0.5) is 18.3 Å². The van der Waals surface area contributed by atoms with Gasteiger partial charge in [0.2, 0.25) is 0 Å². The van der Waals surface area contributed by atoms with Crippen LogP contribution in [0.5, 0.6) is 0 Å². The van der Waals surface area contributed by atoms with Crippen LogP contribution in [0.2, 0.25) is 0 Å². The number of nitrogens with one attached hydrogen (secondary N) is 1. The van der Waals surface area contributed by atoms with Crippen LogP contribution >= 0.6 is 11.3 Å². The van der Waals surface area contributed by atoms with Crippen molar-refractivity contribution >= 4 is 28.3 Å². The number of amides is 1. The van der Waals surface area contributed by atoms with E-state index in [2.05, 4.69) is 10.3 Å². The smallest absolute Gasteiger partial charge is 0.417 e. The minimum absolute atomic E-state index is 0.00566. The predicted molar refractivity (Wildman–Crippen MR) is 103 cm³/mol. The number of anilines is 1. The van der Waals surface area contributed by atoms with Gasteiger partial charge >= 0.3 is 12.1 Å². The quantitative estimate of drug-likeness (QED) is 0.572. The van der Waals surface area contributed by atoms with Crippen molar-refractivity contribution in [3.8, 4) is 11.3 Å². The summed E-state index contributed by atoms with van der Waals surface area (Å²) in [7, 11) is 0. The maximum atomic E-state index is 13.2. The Bertz CT molecular complexity index is 1030. The highest BCUT2D eigenvalue weighted by Crippen LogP contribution is 2.34. The third-order valence-electron chi connectivity index (χ3n) is 3.83. The second-order valence-electron chi connectivity index (χ2n) is 5.78. The van der Waals surface area contributed by atoms with E-state index in [9.17, 15) is 22.8 Å². The first-order chi connectivity index (χ1) is 13.8. The van der Waals surface area contributed by atoms with Gasteiger partial charge in [-0.25, -0.2) is 9.78 Å². The molecule has 2 aromatic carbocycles. The molecule has 0 radical (unpaired) electrons. The van der Waals surface area contributed by atoms with E-state index >= 15 is 0 Å². The molecule has 1 aromatic heterocycles. The van der Waals surface area contributed by atoms with Crippen LogP contribution in [-0.4, -0.2) is 23.5 Å². The van der Waals surface area contributed by atoms with Crippen LogP contribution < -0.4 is 5.32 Å². The summed E-state index contributed by atoms with van der Waals surface area (Å²) in [4.78, 5) is 29.1. The van der Waals surface area contributed by atoms with Gasteiger partial charge in [0.05, 0.1) is 23.4 Å². The number of hydrogen-bond acceptors (Lipinski definition) is 5. The molecule has 0 unspecified atom stereocenters. The summed E-state index contributed by atoms with van der Waals surface area (Å²) >= 11 is 0.840. The standard InChI is InChI=1S/C20H15F3N2O3S/c1-2-28-18(27)16-15(12-8-4-3-5-9-12)24-19(29-16)25-17(26)13-10-6-7-11-14(13)20(21,22)23/h3-11H,2H2,1H3,(H,24,25,26). The zero-order chi connectivity index (χ0) is 21.0. The maximum Gasteiger partial charge on any atom is 0.417 e. The summed E-state index contributed by atoms with van der Waals surface area (Å²) in [5.74, 6) is -1.60. The predicted octanol–water partition coefficient (Wildman–Crippen LogP) is 5.26. The Hall–Kier alpha value is -3.20. The van der Waals surface area contributed by atoms with Crippen molar-refractivity contribution in [1.82, 2.24) is 4.98 Å². The Morgan fingerprint density at radius 1 is 1.07 bits per heavy atom. The van der Waals surface area contributed by atoms with Gasteiger partial charge in [0, 0.05) is 5.56 Å². The average Bonchev–Trinajstić information content (AvgIpc) is 3.12. The lowest BCUT2D eigenvalue weighted by Crippen LogP contribution is -2.18. The first kappa shape index (κ1) is 20.5. The van der Waals surface area contributed by atoms with E-state index < -0.39 is 29.2 Å². The molecule has 0 fully saturated rings. The lowest BCUT2D eigenvalue weighted by molar-refractivity contribution is -0.137. The second-order valence-corrected chi connectivity index (χ2v) is 6.78. The van der Waals surface area contributed by atoms with Crippen molar-refractivity contribution in [2.24, 2.45) is 0 Å². The van der Waals surface area contributed by atoms with Crippen molar-refractivity contribution < 1.29 is 27.5 Å². The molecule has 0 saturated carbocycles. The first-order valence-corrected chi connectivity index (χ1v) is 9.34. The van der Waals surface area contributed by atoms with Gasteiger partial charge in [0.25, 0.3) is 5.91 Å². The largest absolute Gasteiger partial charge is 0.462 e. The Kier molecular flexibility index (Phi) is 5.97. The molecule has 0 atom stereocenters. The van der Waals surface area contributed by atoms with Crippen LogP contribution in [0.1, 0.15) is 32.5 Å². The van der Waals surface area contributed by atoms with Gasteiger partial charge < -0.3 is 4.74 Å². The lowest BCUT2D eigenvalue weighted by atomic mass is 10.1. The minimum atomic E-state index is -4.68. The average molecular weight is 420 g/mol. The summed E-state index contributed by atoms with van der Waals surface area (Å²) in [6, 6.07) is 13.2. The van der Waals surface area contributed by atoms with Crippen molar-refractivity contribution in [1.29, 1.82) is 0 Å². The number of thiazole rings is 1. The van der Waals surface area contributed by atoms with Crippen LogP contribution in [0, 0.1) is 0 Å². The van der Waals surface area contributed by atoms with Crippen LogP contribution in [0.3, 0.4) is 0 Å². The molecule has 5 nitrogen and oxygen atoms in total. The number of esters is 1. The third-order valence-corrected chi connectivity index (χ3v) is 4.78. The van der Waals surface area contributed by atoms with Crippen molar-refractivity contribution in [3.05, 3.63) is 70.6 Å². The Morgan fingerprint density at radius 2 is 1.72 bits per heavy atom. The van der Waals surface area contributed by atoms with E-state index in [1.807, 2.05) is 0 Å². The zero-order valence-corrected chi connectivity index (χ0v) is 15.9. The molecular weight excluding hydrogens is 405 g/mol. The van der Waals surface area contributed by atoms with Crippen molar-refractivity contribution in [2.45, 2.75) is 13.1 Å². The molecule has 0 aliphatic rings. The van der Waals surface area contributed by atoms with Gasteiger partial charge in [-0.05, 0) is 19.1 Å². The third kappa shape index (κ3) is 4.62. The molecule has 3 aromatic rings. The molecule has 0 aliphatic heterocycles. The molecule has 150 valence electrons. The molecule has 1 amide bonds. The van der Waals surface area contributed by atoms with Crippen LogP contribution in [-0.2, 0) is 10.9 Å². The number of ether oxygens (including phenoxy) is 1. The number of hydrogen-bond donors (Lipinski definition) is 1. The highest BCUT2D eigenvalue weighted by Gasteiger charge is 2.35. The number of rotatable bonds is 5. The van der Waals surface area contributed by atoms with Crippen molar-refractivity contribution in [2.75, 3.05) is 11.9 Å². The van der Waals surface area contributed by atoms with E-state index in [1.165, 1.54) is 12.1 Å². The fraction of sp³-hybridized carbons (Fsp3) is 0.150. The van der Waals surface area contributed by atoms with Gasteiger partial charge in [-0.2, -0.15) is 13.2 Å². The maximum absolute atomic E-state index is 13.2. The zero-order valence-electron chi connectivity index (χ0n) is 15.1. The number of nitrogens with zero attached hydrogens (tertiary/aromatic N) is 1. The van der Waals surface area contributed by atoms with Gasteiger partial charge in [0.15, 0.2) is 5.13 Å². The topological polar surface area (TPSA) is 68.3 Å². The van der Waals surface area contributed by atoms with Crippen LogP contribution in [0.25, 0.3) is 11.3 Å². The van der Waals surface area contributed by atoms with Gasteiger partial charge in [-0.3, -0.25) is 10.1 Å². The highest BCUT2D eigenvalue weighted by molar-refractivity contribution is 7.18. The van der Waals surface area contributed by atoms with E-state index in [4.69, 9.17) is 4.74 Å². The van der Waals surface area contributed by atoms with Gasteiger partial charge in [0.1, 0.15) is 4.88 Å². The number of carbonyl (C=O) groups is 2. The first-order valence-electron chi connectivity index (χ1n) is 8.52. The molecule has 3 rings (SSSR count). The Morgan fingerprint density at radius 3 is 2.38 bits per heavy atom. The molecule has 9 heteroatoms. The molecular formula is C20H15F3N2O3S. The molecule has 0 aliphatic carbocycles. The summed E-state index contributed by atoms with van der Waals surface area (Å²) in [5, 5.41) is 2.35. The number of carbonyl (C=O) groups excluding carboxylic acids is 2. The molecule has 0 saturated heterocycles. The van der Waals surface area contributed by atoms with E-state index in [-0.39, 0.29) is 22.3 Å². The van der Waals surface area contributed by atoms with Crippen molar-refractivity contribution in [3.63, 3.8) is 0 Å². The summed E-state index contributed by atoms with van der Waals surface area (Å²) < 4.78 is 44.5. The molecule has 0 spiro atoms. The van der Waals surface area contributed by atoms with E-state index in [0.29, 0.717) is 5.56 Å². The lowest BCUT2D eigenvalue weighted by Gasteiger charge is -2.11. The fourth-order valence-corrected chi connectivity index (χ4v) is 3.47. The highest BCUT2D eigenvalue weighted by atomic mass is 32.1. The molecule has 0 bridgehead atoms. The number of halogens is 3. The molecule has 29 heavy (non-hydrogen) atoms. The molecule has 1 heterocycles. The van der Waals surface area contributed by atoms with E-state index in [1.54, 1.807) is 37.3 Å². The van der Waals surface area contributed by atoms with E-state index in [0.717, 1.165) is 23.5 Å². The van der Waals surface area contributed by atoms with Crippen LogP contribution in [0.15, 0.2) is 54.6 Å². The summed E-state index contributed by atoms with van der Waals surface area (Å²) in [6.07, 6.45) is -4.68.